The molecule has 3 heterocycles. The summed E-state index contributed by atoms with van der Waals surface area (Å²) in [7, 11) is 0. The average Bonchev–Trinajstić information content (AvgIpc) is 4.03. The summed E-state index contributed by atoms with van der Waals surface area (Å²) in [5.41, 5.74) is 18.7. The van der Waals surface area contributed by atoms with Gasteiger partial charge in [0.05, 0.1) is 27.8 Å². The Morgan fingerprint density at radius 2 is 0.608 bits per heavy atom. The Hall–Kier alpha value is -9.97. The van der Waals surface area contributed by atoms with Crippen molar-refractivity contribution in [2.75, 3.05) is 0 Å². The lowest BCUT2D eigenvalue weighted by molar-refractivity contribution is 1.07. The van der Waals surface area contributed by atoms with Crippen LogP contribution >= 0.6 is 0 Å². The molecule has 0 aliphatic rings. The maximum absolute atomic E-state index is 5.22. The zero-order chi connectivity index (χ0) is 49.0. The van der Waals surface area contributed by atoms with Gasteiger partial charge >= 0.3 is 0 Å². The van der Waals surface area contributed by atoms with Gasteiger partial charge in [0, 0.05) is 49.5 Å². The molecule has 0 spiro atoms. The number of hydrogen-bond acceptors (Lipinski definition) is 3. The molecule has 0 aliphatic carbocycles. The fourth-order valence-corrected chi connectivity index (χ4v) is 10.8. The second-order valence-corrected chi connectivity index (χ2v) is 18.8. The van der Waals surface area contributed by atoms with Crippen molar-refractivity contribution < 1.29 is 0 Å². The first-order valence-corrected chi connectivity index (χ1v) is 25.1. The van der Waals surface area contributed by atoms with Gasteiger partial charge in [-0.2, -0.15) is 0 Å². The molecule has 5 heteroatoms. The van der Waals surface area contributed by atoms with Crippen LogP contribution in [0.25, 0.3) is 134 Å². The zero-order valence-corrected chi connectivity index (χ0v) is 40.2. The van der Waals surface area contributed by atoms with Gasteiger partial charge in [-0.3, -0.25) is 0 Å². The third-order valence-corrected chi connectivity index (χ3v) is 14.4. The van der Waals surface area contributed by atoms with Crippen LogP contribution in [-0.4, -0.2) is 24.1 Å². The minimum Gasteiger partial charge on any atom is -0.309 e. The molecular formula is C69H45N5. The predicted molar refractivity (Wildman–Crippen MR) is 307 cm³/mol. The van der Waals surface area contributed by atoms with Crippen molar-refractivity contribution in [2.45, 2.75) is 0 Å². The van der Waals surface area contributed by atoms with E-state index in [1.54, 1.807) is 0 Å². The van der Waals surface area contributed by atoms with Crippen LogP contribution in [0.5, 0.6) is 0 Å². The summed E-state index contributed by atoms with van der Waals surface area (Å²) in [6.45, 7) is 0. The number of benzene rings is 11. The lowest BCUT2D eigenvalue weighted by atomic mass is 9.95. The van der Waals surface area contributed by atoms with Crippen LogP contribution in [0.15, 0.2) is 273 Å². The molecule has 14 rings (SSSR count). The number of hydrogen-bond donors (Lipinski definition) is 0. The predicted octanol–water partition coefficient (Wildman–Crippen LogP) is 17.7. The molecular weight excluding hydrogens is 899 g/mol. The average molecular weight is 944 g/mol. The number of aromatic nitrogens is 5. The quantitative estimate of drug-likeness (QED) is 0.145. The highest BCUT2D eigenvalue weighted by Crippen LogP contribution is 2.41. The van der Waals surface area contributed by atoms with E-state index in [9.17, 15) is 0 Å². The minimum atomic E-state index is 0.608. The fraction of sp³-hybridized carbons (Fsp3) is 0. The van der Waals surface area contributed by atoms with Crippen molar-refractivity contribution in [3.8, 4) is 90.0 Å². The van der Waals surface area contributed by atoms with E-state index in [1.165, 1.54) is 43.8 Å². The van der Waals surface area contributed by atoms with E-state index in [0.29, 0.717) is 17.5 Å². The maximum atomic E-state index is 5.22. The molecule has 5 nitrogen and oxygen atoms in total. The third-order valence-electron chi connectivity index (χ3n) is 14.4. The van der Waals surface area contributed by atoms with Crippen LogP contribution in [0.4, 0.5) is 0 Å². The largest absolute Gasteiger partial charge is 0.309 e. The van der Waals surface area contributed by atoms with Crippen molar-refractivity contribution >= 4 is 43.6 Å². The summed E-state index contributed by atoms with van der Waals surface area (Å²) >= 11 is 0. The summed E-state index contributed by atoms with van der Waals surface area (Å²) in [6.07, 6.45) is 0. The number of nitrogens with zero attached hydrogens (tertiary/aromatic N) is 5. The highest BCUT2D eigenvalue weighted by Gasteiger charge is 2.20. The first-order valence-electron chi connectivity index (χ1n) is 25.1. The first-order chi connectivity index (χ1) is 36.7. The summed E-state index contributed by atoms with van der Waals surface area (Å²) in [5.74, 6) is 1.84. The van der Waals surface area contributed by atoms with Crippen LogP contribution < -0.4 is 0 Å². The van der Waals surface area contributed by atoms with Crippen LogP contribution in [0.1, 0.15) is 0 Å². The minimum absolute atomic E-state index is 0.608. The van der Waals surface area contributed by atoms with Gasteiger partial charge in [-0.25, -0.2) is 15.0 Å². The Morgan fingerprint density at radius 3 is 1.24 bits per heavy atom. The van der Waals surface area contributed by atoms with E-state index in [2.05, 4.69) is 264 Å². The molecule has 14 aromatic rings. The first kappa shape index (κ1) is 42.9. The monoisotopic (exact) mass is 943 g/mol. The normalized spacial score (nSPS) is 11.5. The van der Waals surface area contributed by atoms with Crippen molar-refractivity contribution in [3.63, 3.8) is 0 Å². The van der Waals surface area contributed by atoms with Gasteiger partial charge in [-0.1, -0.05) is 218 Å². The summed E-state index contributed by atoms with van der Waals surface area (Å²) < 4.78 is 4.78. The number of para-hydroxylation sites is 3. The van der Waals surface area contributed by atoms with Gasteiger partial charge < -0.3 is 9.13 Å². The molecule has 0 bridgehead atoms. The molecule has 11 aromatic carbocycles. The lowest BCUT2D eigenvalue weighted by Crippen LogP contribution is -2.01. The van der Waals surface area contributed by atoms with Crippen molar-refractivity contribution in [1.29, 1.82) is 0 Å². The highest BCUT2D eigenvalue weighted by atomic mass is 15.0. The topological polar surface area (TPSA) is 48.5 Å². The van der Waals surface area contributed by atoms with Crippen LogP contribution in [-0.2, 0) is 0 Å². The van der Waals surface area contributed by atoms with E-state index in [-0.39, 0.29) is 0 Å². The van der Waals surface area contributed by atoms with E-state index in [0.717, 1.165) is 72.4 Å². The van der Waals surface area contributed by atoms with Crippen LogP contribution in [0, 0.1) is 0 Å². The standard InChI is InChI=1S/C69H45N5/c1-4-18-46(19-5-1)51-24-16-25-54(42-51)57-40-38-53(45-66(57)74-64-33-15-12-30-60(64)61-44-52(39-41-65(61)74)47-20-6-2-7-21-47)48-34-36-50(37-35-48)68-70-67(49-22-8-3-9-23-49)71-69(72-68)55-26-17-27-56(43-55)73-62-31-13-10-28-58(62)59-29-11-14-32-63(59)73/h1-45H. The second-order valence-electron chi connectivity index (χ2n) is 18.8. The maximum Gasteiger partial charge on any atom is 0.164 e. The van der Waals surface area contributed by atoms with E-state index < -0.39 is 0 Å². The SMILES string of the molecule is c1ccc(-c2cccc(-c3ccc(-c4ccc(-c5nc(-c6ccccc6)nc(-c6cccc(-n7c8ccccc8c8ccccc87)c6)n5)cc4)cc3-n3c4ccccc4c4cc(-c5ccccc5)ccc43)c2)cc1. The summed E-state index contributed by atoms with van der Waals surface area (Å²) in [5, 5.41) is 4.86. The molecule has 3 aromatic heterocycles. The van der Waals surface area contributed by atoms with E-state index in [1.807, 2.05) is 18.2 Å². The van der Waals surface area contributed by atoms with E-state index in [4.69, 9.17) is 15.0 Å². The van der Waals surface area contributed by atoms with Gasteiger partial charge in [0.25, 0.3) is 0 Å². The Kier molecular flexibility index (Phi) is 10.4. The number of rotatable bonds is 9. The Labute approximate surface area is 428 Å². The summed E-state index contributed by atoms with van der Waals surface area (Å²) in [4.78, 5) is 15.5. The third kappa shape index (κ3) is 7.54. The molecule has 0 unspecified atom stereocenters. The van der Waals surface area contributed by atoms with Gasteiger partial charge in [-0.05, 0) is 93.5 Å². The van der Waals surface area contributed by atoms with Crippen molar-refractivity contribution in [3.05, 3.63) is 273 Å². The molecule has 0 atom stereocenters. The lowest BCUT2D eigenvalue weighted by Gasteiger charge is -2.17. The molecule has 0 amide bonds. The van der Waals surface area contributed by atoms with Crippen molar-refractivity contribution in [2.24, 2.45) is 0 Å². The van der Waals surface area contributed by atoms with Gasteiger partial charge in [0.2, 0.25) is 0 Å². The Balaban J connectivity index is 0.894. The van der Waals surface area contributed by atoms with Crippen molar-refractivity contribution in [1.82, 2.24) is 24.1 Å². The Bertz CT molecular complexity index is 4350. The zero-order valence-electron chi connectivity index (χ0n) is 40.2. The molecule has 0 saturated carbocycles. The molecule has 346 valence electrons. The second kappa shape index (κ2) is 18.0. The molecule has 0 fully saturated rings. The van der Waals surface area contributed by atoms with Gasteiger partial charge in [0.15, 0.2) is 17.5 Å². The molecule has 0 N–H and O–H groups in total. The molecule has 0 aliphatic heterocycles. The van der Waals surface area contributed by atoms with Crippen LogP contribution in [0.3, 0.4) is 0 Å². The smallest absolute Gasteiger partial charge is 0.164 e. The van der Waals surface area contributed by atoms with E-state index >= 15 is 0 Å². The number of fused-ring (bicyclic) bond motifs is 6. The molecule has 74 heavy (non-hydrogen) atoms. The molecule has 0 radical (unpaired) electrons. The fourth-order valence-electron chi connectivity index (χ4n) is 10.8. The van der Waals surface area contributed by atoms with Gasteiger partial charge in [0.1, 0.15) is 0 Å². The van der Waals surface area contributed by atoms with Gasteiger partial charge in [-0.15, -0.1) is 0 Å². The highest BCUT2D eigenvalue weighted by molar-refractivity contribution is 6.11. The van der Waals surface area contributed by atoms with Crippen LogP contribution in [0.2, 0.25) is 0 Å². The Morgan fingerprint density at radius 1 is 0.216 bits per heavy atom. The summed E-state index contributed by atoms with van der Waals surface area (Å²) in [6, 6.07) is 97.3. The molecule has 0 saturated heterocycles.